The third-order valence-electron chi connectivity index (χ3n) is 3.63. The van der Waals surface area contributed by atoms with Gasteiger partial charge >= 0.3 is 0 Å². The second-order valence-corrected chi connectivity index (χ2v) is 5.37. The minimum absolute atomic E-state index is 0.846. The van der Waals surface area contributed by atoms with Gasteiger partial charge in [-0.05, 0) is 72.4 Å². The Hall–Kier alpha value is -1.47. The summed E-state index contributed by atoms with van der Waals surface area (Å²) in [4.78, 5) is 0. The van der Waals surface area contributed by atoms with Crippen molar-refractivity contribution in [3.63, 3.8) is 0 Å². The Bertz CT molecular complexity index is 617. The molecule has 0 aliphatic carbocycles. The first kappa shape index (κ1) is 11.6. The molecule has 0 fully saturated rings. The summed E-state index contributed by atoms with van der Waals surface area (Å²) in [6.45, 7) is 5.23. The lowest BCUT2D eigenvalue weighted by molar-refractivity contribution is 1.11. The second-order valence-electron chi connectivity index (χ2n) is 4.97. The molecule has 0 spiro atoms. The Kier molecular flexibility index (Phi) is 2.79. The van der Waals surface area contributed by atoms with Crippen LogP contribution in [0, 0.1) is 13.8 Å². The van der Waals surface area contributed by atoms with Gasteiger partial charge in [-0.15, -0.1) is 0 Å². The van der Waals surface area contributed by atoms with Gasteiger partial charge in [-0.25, -0.2) is 0 Å². The van der Waals surface area contributed by atoms with Crippen molar-refractivity contribution in [2.75, 3.05) is 11.9 Å². The maximum atomic E-state index is 6.16. The molecule has 1 aliphatic heterocycles. The van der Waals surface area contributed by atoms with Crippen LogP contribution >= 0.6 is 11.6 Å². The van der Waals surface area contributed by atoms with Gasteiger partial charge in [0.1, 0.15) is 0 Å². The summed E-state index contributed by atoms with van der Waals surface area (Å²) in [6, 6.07) is 10.9. The minimum atomic E-state index is 0.846. The van der Waals surface area contributed by atoms with Gasteiger partial charge in [0.2, 0.25) is 0 Å². The predicted molar refractivity (Wildman–Crippen MR) is 78.6 cm³/mol. The summed E-state index contributed by atoms with van der Waals surface area (Å²) in [5.74, 6) is 0. The molecule has 3 rings (SSSR count). The van der Waals surface area contributed by atoms with Crippen molar-refractivity contribution in [3.8, 4) is 11.1 Å². The third kappa shape index (κ3) is 1.89. The molecule has 0 aromatic heterocycles. The van der Waals surface area contributed by atoms with Crippen LogP contribution in [0.15, 0.2) is 30.3 Å². The monoisotopic (exact) mass is 257 g/mol. The van der Waals surface area contributed by atoms with E-state index in [0.717, 1.165) is 23.6 Å². The fraction of sp³-hybridized carbons (Fsp3) is 0.250. The molecule has 0 bridgehead atoms. The van der Waals surface area contributed by atoms with E-state index < -0.39 is 0 Å². The van der Waals surface area contributed by atoms with Crippen molar-refractivity contribution in [2.45, 2.75) is 20.3 Å². The quantitative estimate of drug-likeness (QED) is 0.788. The van der Waals surface area contributed by atoms with E-state index in [1.54, 1.807) is 0 Å². The Morgan fingerprint density at radius 1 is 1.06 bits per heavy atom. The molecule has 0 amide bonds. The molecular formula is C16H16ClN. The molecule has 1 aliphatic rings. The van der Waals surface area contributed by atoms with E-state index in [4.69, 9.17) is 11.6 Å². The molecule has 0 unspecified atom stereocenters. The summed E-state index contributed by atoms with van der Waals surface area (Å²) >= 11 is 6.16. The van der Waals surface area contributed by atoms with Crippen LogP contribution < -0.4 is 5.32 Å². The zero-order valence-electron chi connectivity index (χ0n) is 10.7. The number of fused-ring (bicyclic) bond motifs is 1. The predicted octanol–water partition coefficient (Wildman–Crippen LogP) is 4.59. The summed E-state index contributed by atoms with van der Waals surface area (Å²) in [6.07, 6.45) is 1.12. The normalized spacial score (nSPS) is 13.3. The fourth-order valence-corrected chi connectivity index (χ4v) is 2.78. The highest BCUT2D eigenvalue weighted by Gasteiger charge is 2.12. The Morgan fingerprint density at radius 2 is 1.89 bits per heavy atom. The molecule has 18 heavy (non-hydrogen) atoms. The van der Waals surface area contributed by atoms with Crippen molar-refractivity contribution in [1.29, 1.82) is 0 Å². The maximum absolute atomic E-state index is 6.16. The smallest absolute Gasteiger partial charge is 0.0438 e. The number of hydrogen-bond acceptors (Lipinski definition) is 1. The number of anilines is 1. The maximum Gasteiger partial charge on any atom is 0.0438 e. The number of hydrogen-bond donors (Lipinski definition) is 1. The molecule has 1 N–H and O–H groups in total. The molecule has 92 valence electrons. The summed E-state index contributed by atoms with van der Waals surface area (Å²) in [7, 11) is 0. The molecule has 2 aromatic rings. The van der Waals surface area contributed by atoms with Crippen LogP contribution in [0.4, 0.5) is 5.69 Å². The zero-order valence-corrected chi connectivity index (χ0v) is 11.4. The fourth-order valence-electron chi connectivity index (χ4n) is 2.56. The van der Waals surface area contributed by atoms with Crippen LogP contribution in [0.1, 0.15) is 16.7 Å². The van der Waals surface area contributed by atoms with E-state index in [1.165, 1.54) is 27.9 Å². The van der Waals surface area contributed by atoms with Crippen LogP contribution in [0.2, 0.25) is 5.02 Å². The van der Waals surface area contributed by atoms with Gasteiger partial charge in [0.25, 0.3) is 0 Å². The van der Waals surface area contributed by atoms with Crippen LogP contribution in [0.5, 0.6) is 0 Å². The number of aryl methyl sites for hydroxylation is 2. The Balaban J connectivity index is 2.12. The Labute approximate surface area is 113 Å². The molecule has 0 atom stereocenters. The Morgan fingerprint density at radius 3 is 2.72 bits per heavy atom. The minimum Gasteiger partial charge on any atom is -0.384 e. The lowest BCUT2D eigenvalue weighted by Crippen LogP contribution is -1.90. The zero-order chi connectivity index (χ0) is 12.7. The van der Waals surface area contributed by atoms with Gasteiger partial charge in [0.05, 0.1) is 0 Å². The lowest BCUT2D eigenvalue weighted by Gasteiger charge is -2.10. The van der Waals surface area contributed by atoms with Crippen molar-refractivity contribution < 1.29 is 0 Å². The van der Waals surface area contributed by atoms with E-state index in [1.807, 2.05) is 0 Å². The number of benzene rings is 2. The van der Waals surface area contributed by atoms with Gasteiger partial charge in [0.15, 0.2) is 0 Å². The van der Waals surface area contributed by atoms with Crippen LogP contribution in [0.25, 0.3) is 11.1 Å². The van der Waals surface area contributed by atoms with Crippen LogP contribution in [-0.4, -0.2) is 6.54 Å². The topological polar surface area (TPSA) is 12.0 Å². The van der Waals surface area contributed by atoms with E-state index >= 15 is 0 Å². The van der Waals surface area contributed by atoms with Gasteiger partial charge in [-0.2, -0.15) is 0 Å². The average molecular weight is 258 g/mol. The molecule has 2 aromatic carbocycles. The van der Waals surface area contributed by atoms with Gasteiger partial charge in [0, 0.05) is 17.3 Å². The van der Waals surface area contributed by atoms with Gasteiger partial charge in [-0.1, -0.05) is 17.7 Å². The van der Waals surface area contributed by atoms with Crippen molar-refractivity contribution in [1.82, 2.24) is 0 Å². The molecule has 2 heteroatoms. The third-order valence-corrected chi connectivity index (χ3v) is 4.04. The van der Waals surface area contributed by atoms with Crippen molar-refractivity contribution >= 4 is 17.3 Å². The van der Waals surface area contributed by atoms with Gasteiger partial charge < -0.3 is 5.32 Å². The first-order valence-electron chi connectivity index (χ1n) is 6.29. The number of halogens is 1. The molecule has 0 radical (unpaired) electrons. The summed E-state index contributed by atoms with van der Waals surface area (Å²) < 4.78 is 0. The van der Waals surface area contributed by atoms with E-state index in [0.29, 0.717) is 0 Å². The lowest BCUT2D eigenvalue weighted by atomic mass is 9.96. The molecule has 0 saturated carbocycles. The largest absolute Gasteiger partial charge is 0.384 e. The van der Waals surface area contributed by atoms with Gasteiger partial charge in [-0.3, -0.25) is 0 Å². The summed E-state index contributed by atoms with van der Waals surface area (Å²) in [5, 5.41) is 4.24. The van der Waals surface area contributed by atoms with E-state index in [2.05, 4.69) is 49.5 Å². The first-order valence-corrected chi connectivity index (χ1v) is 6.67. The number of rotatable bonds is 1. The summed E-state index contributed by atoms with van der Waals surface area (Å²) in [5.41, 5.74) is 7.63. The molecule has 1 nitrogen and oxygen atoms in total. The highest BCUT2D eigenvalue weighted by Crippen LogP contribution is 2.32. The van der Waals surface area contributed by atoms with Crippen molar-refractivity contribution in [2.24, 2.45) is 0 Å². The molecule has 0 saturated heterocycles. The average Bonchev–Trinajstić information content (AvgIpc) is 2.80. The van der Waals surface area contributed by atoms with Crippen LogP contribution in [-0.2, 0) is 6.42 Å². The first-order chi connectivity index (χ1) is 8.65. The van der Waals surface area contributed by atoms with E-state index in [-0.39, 0.29) is 0 Å². The highest BCUT2D eigenvalue weighted by atomic mass is 35.5. The highest BCUT2D eigenvalue weighted by molar-refractivity contribution is 6.31. The standard InChI is InChI=1S/C16H16ClN/c1-10-8-15(17)11(2)7-14(10)12-3-4-16-13(9-12)5-6-18-16/h3-4,7-9,18H,5-6H2,1-2H3. The SMILES string of the molecule is Cc1cc(-c2ccc3c(c2)CCN3)c(C)cc1Cl. The molecular weight excluding hydrogens is 242 g/mol. The second kappa shape index (κ2) is 4.33. The molecule has 1 heterocycles. The van der Waals surface area contributed by atoms with E-state index in [9.17, 15) is 0 Å². The van der Waals surface area contributed by atoms with Crippen molar-refractivity contribution in [3.05, 3.63) is 52.0 Å². The van der Waals surface area contributed by atoms with Crippen LogP contribution in [0.3, 0.4) is 0 Å². The number of nitrogens with one attached hydrogen (secondary N) is 1.